The monoisotopic (exact) mass is 352 g/mol. The van der Waals surface area contributed by atoms with E-state index < -0.39 is 5.97 Å². The average Bonchev–Trinajstić information content (AvgIpc) is 2.99. The van der Waals surface area contributed by atoms with Crippen LogP contribution in [-0.4, -0.2) is 35.9 Å². The van der Waals surface area contributed by atoms with E-state index in [1.807, 2.05) is 31.2 Å². The zero-order chi connectivity index (χ0) is 18.8. The second-order valence-corrected chi connectivity index (χ2v) is 6.16. The van der Waals surface area contributed by atoms with E-state index in [1.165, 1.54) is 7.11 Å². The molecule has 0 spiro atoms. The third-order valence-electron chi connectivity index (χ3n) is 4.19. The SMILES string of the molecule is COC(=O)c1cc(CN(C)C(=O)c2cc(C)nc3ccccc23)oc1C. The van der Waals surface area contributed by atoms with E-state index in [1.54, 1.807) is 31.0 Å². The quantitative estimate of drug-likeness (QED) is 0.672. The summed E-state index contributed by atoms with van der Waals surface area (Å²) < 4.78 is 10.3. The van der Waals surface area contributed by atoms with Crippen molar-refractivity contribution >= 4 is 22.8 Å². The van der Waals surface area contributed by atoms with Crippen LogP contribution in [0, 0.1) is 13.8 Å². The fourth-order valence-corrected chi connectivity index (χ4v) is 2.93. The summed E-state index contributed by atoms with van der Waals surface area (Å²) in [4.78, 5) is 30.7. The number of aryl methyl sites for hydroxylation is 2. The lowest BCUT2D eigenvalue weighted by atomic mass is 10.1. The zero-order valence-corrected chi connectivity index (χ0v) is 15.2. The highest BCUT2D eigenvalue weighted by atomic mass is 16.5. The molecule has 0 atom stereocenters. The van der Waals surface area contributed by atoms with Crippen molar-refractivity contribution in [2.75, 3.05) is 14.2 Å². The summed E-state index contributed by atoms with van der Waals surface area (Å²) in [5, 5.41) is 0.806. The van der Waals surface area contributed by atoms with Crippen LogP contribution in [-0.2, 0) is 11.3 Å². The van der Waals surface area contributed by atoms with Crippen molar-refractivity contribution in [1.29, 1.82) is 0 Å². The van der Waals surface area contributed by atoms with Gasteiger partial charge in [0.15, 0.2) is 0 Å². The molecule has 0 radical (unpaired) electrons. The number of pyridine rings is 1. The number of rotatable bonds is 4. The summed E-state index contributed by atoms with van der Waals surface area (Å²) in [5.41, 5.74) is 2.52. The van der Waals surface area contributed by atoms with Gasteiger partial charge in [0.05, 0.1) is 24.7 Å². The number of nitrogens with zero attached hydrogens (tertiary/aromatic N) is 2. The first kappa shape index (κ1) is 17.7. The number of furan rings is 1. The molecule has 2 aromatic heterocycles. The predicted molar refractivity (Wildman–Crippen MR) is 97.1 cm³/mol. The first-order valence-electron chi connectivity index (χ1n) is 8.20. The zero-order valence-electron chi connectivity index (χ0n) is 15.2. The minimum Gasteiger partial charge on any atom is -0.465 e. The maximum absolute atomic E-state index is 13.0. The highest BCUT2D eigenvalue weighted by Crippen LogP contribution is 2.22. The molecule has 6 heteroatoms. The van der Waals surface area contributed by atoms with Crippen LogP contribution in [0.5, 0.6) is 0 Å². The number of hydrogen-bond donors (Lipinski definition) is 0. The lowest BCUT2D eigenvalue weighted by molar-refractivity contribution is 0.0598. The fourth-order valence-electron chi connectivity index (χ4n) is 2.93. The van der Waals surface area contributed by atoms with Crippen LogP contribution in [0.1, 0.15) is 37.9 Å². The summed E-state index contributed by atoms with van der Waals surface area (Å²) >= 11 is 0. The molecule has 26 heavy (non-hydrogen) atoms. The molecule has 0 saturated carbocycles. The van der Waals surface area contributed by atoms with E-state index >= 15 is 0 Å². The number of carbonyl (C=O) groups excluding carboxylic acids is 2. The number of amides is 1. The van der Waals surface area contributed by atoms with Crippen LogP contribution in [0.25, 0.3) is 10.9 Å². The molecule has 2 heterocycles. The number of aromatic nitrogens is 1. The number of fused-ring (bicyclic) bond motifs is 1. The standard InChI is InChI=1S/C20H20N2O4/c1-12-9-17(15-7-5-6-8-18(15)21-12)19(23)22(3)11-14-10-16(13(2)26-14)20(24)25-4/h5-10H,11H2,1-4H3. The number of carbonyl (C=O) groups is 2. The van der Waals surface area contributed by atoms with Crippen molar-refractivity contribution in [3.63, 3.8) is 0 Å². The minimum absolute atomic E-state index is 0.139. The van der Waals surface area contributed by atoms with E-state index in [0.717, 1.165) is 16.6 Å². The smallest absolute Gasteiger partial charge is 0.341 e. The van der Waals surface area contributed by atoms with Crippen molar-refractivity contribution in [3.8, 4) is 0 Å². The normalized spacial score (nSPS) is 10.8. The van der Waals surface area contributed by atoms with Gasteiger partial charge < -0.3 is 14.1 Å². The van der Waals surface area contributed by atoms with Crippen LogP contribution in [0.4, 0.5) is 0 Å². The Kier molecular flexibility index (Phi) is 4.75. The summed E-state index contributed by atoms with van der Waals surface area (Å²) in [6.45, 7) is 3.80. The lowest BCUT2D eigenvalue weighted by Gasteiger charge is -2.17. The first-order valence-corrected chi connectivity index (χ1v) is 8.20. The van der Waals surface area contributed by atoms with Crippen LogP contribution in [0.15, 0.2) is 40.8 Å². The van der Waals surface area contributed by atoms with Gasteiger partial charge in [-0.25, -0.2) is 4.79 Å². The number of hydrogen-bond acceptors (Lipinski definition) is 5. The summed E-state index contributed by atoms with van der Waals surface area (Å²) in [6, 6.07) is 10.9. The molecule has 0 fully saturated rings. The number of para-hydroxylation sites is 1. The second-order valence-electron chi connectivity index (χ2n) is 6.16. The van der Waals surface area contributed by atoms with Crippen molar-refractivity contribution in [2.45, 2.75) is 20.4 Å². The van der Waals surface area contributed by atoms with Crippen LogP contribution in [0.2, 0.25) is 0 Å². The molecule has 134 valence electrons. The van der Waals surface area contributed by atoms with Crippen LogP contribution < -0.4 is 0 Å². The molecular formula is C20H20N2O4. The summed E-state index contributed by atoms with van der Waals surface area (Å²) in [7, 11) is 3.02. The topological polar surface area (TPSA) is 72.6 Å². The van der Waals surface area contributed by atoms with Crippen molar-refractivity contribution in [3.05, 3.63) is 64.7 Å². The molecule has 1 aromatic carbocycles. The molecule has 0 saturated heterocycles. The Bertz CT molecular complexity index is 991. The molecule has 0 aliphatic rings. The minimum atomic E-state index is -0.456. The average molecular weight is 352 g/mol. The van der Waals surface area contributed by atoms with E-state index in [2.05, 4.69) is 4.98 Å². The van der Waals surface area contributed by atoms with Crippen molar-refractivity contribution in [2.24, 2.45) is 0 Å². The summed E-state index contributed by atoms with van der Waals surface area (Å²) in [5.74, 6) is 0.398. The van der Waals surface area contributed by atoms with Gasteiger partial charge >= 0.3 is 5.97 Å². The van der Waals surface area contributed by atoms with Crippen LogP contribution in [0.3, 0.4) is 0 Å². The molecular weight excluding hydrogens is 332 g/mol. The molecule has 0 aliphatic heterocycles. The van der Waals surface area contributed by atoms with Crippen molar-refractivity contribution in [1.82, 2.24) is 9.88 Å². The number of benzene rings is 1. The number of ether oxygens (including phenoxy) is 1. The number of esters is 1. The van der Waals surface area contributed by atoms with Gasteiger partial charge in [-0.1, -0.05) is 18.2 Å². The Morgan fingerprint density at radius 2 is 1.88 bits per heavy atom. The van der Waals surface area contributed by atoms with E-state index in [-0.39, 0.29) is 12.5 Å². The molecule has 6 nitrogen and oxygen atoms in total. The first-order chi connectivity index (χ1) is 12.4. The molecule has 0 bridgehead atoms. The molecule has 3 aromatic rings. The fraction of sp³-hybridized carbons (Fsp3) is 0.250. The predicted octanol–water partition coefficient (Wildman–Crippen LogP) is 3.50. The molecule has 3 rings (SSSR count). The molecule has 0 aliphatic carbocycles. The largest absolute Gasteiger partial charge is 0.465 e. The van der Waals surface area contributed by atoms with Gasteiger partial charge in [-0.2, -0.15) is 0 Å². The maximum Gasteiger partial charge on any atom is 0.341 e. The van der Waals surface area contributed by atoms with Gasteiger partial charge in [-0.3, -0.25) is 9.78 Å². The van der Waals surface area contributed by atoms with Gasteiger partial charge in [0, 0.05) is 18.1 Å². The highest BCUT2D eigenvalue weighted by Gasteiger charge is 2.20. The van der Waals surface area contributed by atoms with Gasteiger partial charge in [-0.05, 0) is 32.0 Å². The van der Waals surface area contributed by atoms with E-state index in [0.29, 0.717) is 22.6 Å². The van der Waals surface area contributed by atoms with Gasteiger partial charge in [-0.15, -0.1) is 0 Å². The maximum atomic E-state index is 13.0. The Labute approximate surface area is 151 Å². The Morgan fingerprint density at radius 1 is 1.15 bits per heavy atom. The number of methoxy groups -OCH3 is 1. The van der Waals surface area contributed by atoms with E-state index in [4.69, 9.17) is 9.15 Å². The third kappa shape index (κ3) is 3.31. The summed E-state index contributed by atoms with van der Waals surface area (Å²) in [6.07, 6.45) is 0. The van der Waals surface area contributed by atoms with Gasteiger partial charge in [0.2, 0.25) is 0 Å². The molecule has 1 amide bonds. The lowest BCUT2D eigenvalue weighted by Crippen LogP contribution is -2.26. The Morgan fingerprint density at radius 3 is 2.62 bits per heavy atom. The highest BCUT2D eigenvalue weighted by molar-refractivity contribution is 6.06. The Hall–Kier alpha value is -3.15. The van der Waals surface area contributed by atoms with Crippen LogP contribution >= 0.6 is 0 Å². The third-order valence-corrected chi connectivity index (χ3v) is 4.19. The van der Waals surface area contributed by atoms with Gasteiger partial charge in [0.25, 0.3) is 5.91 Å². The molecule has 0 N–H and O–H groups in total. The van der Waals surface area contributed by atoms with Gasteiger partial charge in [0.1, 0.15) is 17.1 Å². The van der Waals surface area contributed by atoms with E-state index in [9.17, 15) is 9.59 Å². The second kappa shape index (κ2) is 7.00. The van der Waals surface area contributed by atoms with Crippen molar-refractivity contribution < 1.29 is 18.7 Å². The molecule has 0 unspecified atom stereocenters. The Balaban J connectivity index is 1.88.